The molecule has 0 amide bonds. The van der Waals surface area contributed by atoms with Crippen molar-refractivity contribution in [2.45, 2.75) is 52.0 Å². The Hall–Kier alpha value is -0.830. The Bertz CT molecular complexity index is 400. The van der Waals surface area contributed by atoms with Gasteiger partial charge in [0.05, 0.1) is 11.4 Å². The number of aryl methyl sites for hydroxylation is 2. The predicted molar refractivity (Wildman–Crippen MR) is 71.8 cm³/mol. The van der Waals surface area contributed by atoms with E-state index < -0.39 is 0 Å². The highest BCUT2D eigenvalue weighted by atomic mass is 35.5. The molecule has 1 aliphatic rings. The quantitative estimate of drug-likeness (QED) is 0.808. The molecule has 0 bridgehead atoms. The number of rotatable bonds is 2. The van der Waals surface area contributed by atoms with Crippen LogP contribution in [0.15, 0.2) is 0 Å². The zero-order valence-electron chi connectivity index (χ0n) is 10.8. The summed E-state index contributed by atoms with van der Waals surface area (Å²) >= 11 is 6.20. The van der Waals surface area contributed by atoms with Gasteiger partial charge in [-0.15, -0.1) is 0 Å². The second-order valence-electron chi connectivity index (χ2n) is 4.91. The smallest absolute Gasteiger partial charge is 0.171 e. The van der Waals surface area contributed by atoms with Crippen LogP contribution in [-0.4, -0.2) is 23.1 Å². The van der Waals surface area contributed by atoms with Crippen LogP contribution in [0.1, 0.15) is 43.5 Å². The first-order chi connectivity index (χ1) is 8.09. The molecule has 1 saturated carbocycles. The highest BCUT2D eigenvalue weighted by molar-refractivity contribution is 6.31. The van der Waals surface area contributed by atoms with E-state index in [0.29, 0.717) is 11.2 Å². The zero-order valence-corrected chi connectivity index (χ0v) is 11.6. The number of hydrogen-bond donors (Lipinski definition) is 0. The SMILES string of the molecule is Cc1nc(Cl)c(N(C)C2CCCCC2)nc1C. The molecule has 0 atom stereocenters. The van der Waals surface area contributed by atoms with Crippen LogP contribution in [0.4, 0.5) is 5.82 Å². The van der Waals surface area contributed by atoms with Gasteiger partial charge < -0.3 is 4.90 Å². The standard InChI is InChI=1S/C13H20ClN3/c1-9-10(2)16-13(12(14)15-9)17(3)11-7-5-4-6-8-11/h11H,4-8H2,1-3H3. The van der Waals surface area contributed by atoms with Crippen molar-refractivity contribution in [3.8, 4) is 0 Å². The maximum absolute atomic E-state index is 6.20. The molecule has 17 heavy (non-hydrogen) atoms. The number of nitrogens with zero attached hydrogens (tertiary/aromatic N) is 3. The zero-order chi connectivity index (χ0) is 12.4. The van der Waals surface area contributed by atoms with E-state index in [1.807, 2.05) is 13.8 Å². The van der Waals surface area contributed by atoms with Gasteiger partial charge in [-0.2, -0.15) is 0 Å². The minimum atomic E-state index is 0.529. The van der Waals surface area contributed by atoms with Crippen molar-refractivity contribution in [3.05, 3.63) is 16.5 Å². The summed E-state index contributed by atoms with van der Waals surface area (Å²) in [4.78, 5) is 11.1. The molecule has 0 saturated heterocycles. The van der Waals surface area contributed by atoms with Gasteiger partial charge in [0, 0.05) is 13.1 Å². The number of anilines is 1. The fourth-order valence-corrected chi connectivity index (χ4v) is 2.73. The van der Waals surface area contributed by atoms with E-state index >= 15 is 0 Å². The normalized spacial score (nSPS) is 17.2. The first kappa shape index (κ1) is 12.6. The predicted octanol–water partition coefficient (Wildman–Crippen LogP) is 3.52. The lowest BCUT2D eigenvalue weighted by molar-refractivity contribution is 0.425. The summed E-state index contributed by atoms with van der Waals surface area (Å²) in [7, 11) is 2.08. The average molecular weight is 254 g/mol. The van der Waals surface area contributed by atoms with Gasteiger partial charge in [0.1, 0.15) is 0 Å². The fraction of sp³-hybridized carbons (Fsp3) is 0.692. The second-order valence-corrected chi connectivity index (χ2v) is 5.27. The Morgan fingerprint density at radius 1 is 1.06 bits per heavy atom. The lowest BCUT2D eigenvalue weighted by Gasteiger charge is -2.32. The molecule has 2 rings (SSSR count). The Morgan fingerprint density at radius 2 is 1.65 bits per heavy atom. The molecule has 3 nitrogen and oxygen atoms in total. The Kier molecular flexibility index (Phi) is 3.87. The van der Waals surface area contributed by atoms with E-state index in [9.17, 15) is 0 Å². The third-order valence-corrected chi connectivity index (χ3v) is 3.96. The minimum Gasteiger partial charge on any atom is -0.354 e. The maximum Gasteiger partial charge on any atom is 0.171 e. The molecule has 1 fully saturated rings. The Morgan fingerprint density at radius 3 is 2.29 bits per heavy atom. The van der Waals surface area contributed by atoms with E-state index in [1.165, 1.54) is 32.1 Å². The largest absolute Gasteiger partial charge is 0.354 e. The van der Waals surface area contributed by atoms with Crippen molar-refractivity contribution in [1.29, 1.82) is 0 Å². The summed E-state index contributed by atoms with van der Waals surface area (Å²) in [6.45, 7) is 3.93. The van der Waals surface area contributed by atoms with Crippen molar-refractivity contribution in [2.75, 3.05) is 11.9 Å². The van der Waals surface area contributed by atoms with Crippen LogP contribution in [0, 0.1) is 13.8 Å². The van der Waals surface area contributed by atoms with Crippen LogP contribution < -0.4 is 4.90 Å². The summed E-state index contributed by atoms with van der Waals surface area (Å²) in [5, 5.41) is 0.529. The summed E-state index contributed by atoms with van der Waals surface area (Å²) in [5.41, 5.74) is 1.88. The highest BCUT2D eigenvalue weighted by Gasteiger charge is 2.21. The van der Waals surface area contributed by atoms with E-state index in [0.717, 1.165) is 17.2 Å². The molecule has 0 unspecified atom stereocenters. The van der Waals surface area contributed by atoms with E-state index in [4.69, 9.17) is 11.6 Å². The maximum atomic E-state index is 6.20. The Balaban J connectivity index is 2.23. The monoisotopic (exact) mass is 253 g/mol. The van der Waals surface area contributed by atoms with Crippen LogP contribution in [0.2, 0.25) is 5.15 Å². The summed E-state index contributed by atoms with van der Waals surface area (Å²) in [5.74, 6) is 0.835. The first-order valence-electron chi connectivity index (χ1n) is 6.33. The minimum absolute atomic E-state index is 0.529. The van der Waals surface area contributed by atoms with E-state index in [2.05, 4.69) is 21.9 Å². The van der Waals surface area contributed by atoms with Gasteiger partial charge in [0.2, 0.25) is 0 Å². The topological polar surface area (TPSA) is 29.0 Å². The lowest BCUT2D eigenvalue weighted by Crippen LogP contribution is -2.34. The molecular weight excluding hydrogens is 234 g/mol. The molecule has 4 heteroatoms. The van der Waals surface area contributed by atoms with Gasteiger partial charge in [-0.05, 0) is 26.7 Å². The molecular formula is C13H20ClN3. The van der Waals surface area contributed by atoms with Gasteiger partial charge in [-0.1, -0.05) is 30.9 Å². The molecule has 94 valence electrons. The second kappa shape index (κ2) is 5.21. The third kappa shape index (κ3) is 2.71. The molecule has 0 spiro atoms. The molecule has 0 radical (unpaired) electrons. The van der Waals surface area contributed by atoms with Crippen LogP contribution in [-0.2, 0) is 0 Å². The number of halogens is 1. The van der Waals surface area contributed by atoms with Gasteiger partial charge in [-0.3, -0.25) is 0 Å². The van der Waals surface area contributed by atoms with Crippen molar-refractivity contribution < 1.29 is 0 Å². The molecule has 1 aromatic rings. The van der Waals surface area contributed by atoms with Crippen molar-refractivity contribution in [1.82, 2.24) is 9.97 Å². The lowest BCUT2D eigenvalue weighted by atomic mass is 9.94. The summed E-state index contributed by atoms with van der Waals surface area (Å²) in [6, 6.07) is 0.567. The molecule has 0 aliphatic heterocycles. The average Bonchev–Trinajstić information content (AvgIpc) is 2.34. The molecule has 1 heterocycles. The van der Waals surface area contributed by atoms with Gasteiger partial charge in [0.15, 0.2) is 11.0 Å². The van der Waals surface area contributed by atoms with Crippen LogP contribution in [0.5, 0.6) is 0 Å². The van der Waals surface area contributed by atoms with Gasteiger partial charge in [-0.25, -0.2) is 9.97 Å². The van der Waals surface area contributed by atoms with Gasteiger partial charge in [0.25, 0.3) is 0 Å². The number of hydrogen-bond acceptors (Lipinski definition) is 3. The molecule has 0 aromatic carbocycles. The fourth-order valence-electron chi connectivity index (χ4n) is 2.43. The Labute approximate surface area is 108 Å². The van der Waals surface area contributed by atoms with Crippen LogP contribution >= 0.6 is 11.6 Å². The van der Waals surface area contributed by atoms with Gasteiger partial charge >= 0.3 is 0 Å². The summed E-state index contributed by atoms with van der Waals surface area (Å²) in [6.07, 6.45) is 6.45. The molecule has 1 aromatic heterocycles. The van der Waals surface area contributed by atoms with E-state index in [1.54, 1.807) is 0 Å². The van der Waals surface area contributed by atoms with Crippen molar-refractivity contribution in [2.24, 2.45) is 0 Å². The third-order valence-electron chi connectivity index (χ3n) is 3.70. The van der Waals surface area contributed by atoms with Crippen LogP contribution in [0.3, 0.4) is 0 Å². The number of aromatic nitrogens is 2. The van der Waals surface area contributed by atoms with Crippen molar-refractivity contribution >= 4 is 17.4 Å². The van der Waals surface area contributed by atoms with E-state index in [-0.39, 0.29) is 0 Å². The summed E-state index contributed by atoms with van der Waals surface area (Å²) < 4.78 is 0. The van der Waals surface area contributed by atoms with Crippen molar-refractivity contribution in [3.63, 3.8) is 0 Å². The molecule has 0 N–H and O–H groups in total. The van der Waals surface area contributed by atoms with Crippen LogP contribution in [0.25, 0.3) is 0 Å². The first-order valence-corrected chi connectivity index (χ1v) is 6.71. The molecule has 1 aliphatic carbocycles. The highest BCUT2D eigenvalue weighted by Crippen LogP contribution is 2.29.